The third-order valence-corrected chi connectivity index (χ3v) is 2.91. The van der Waals surface area contributed by atoms with Crippen LogP contribution in [-0.4, -0.2) is 5.16 Å². The van der Waals surface area contributed by atoms with Crippen LogP contribution in [0.5, 0.6) is 0 Å². The number of hydrogen-bond donors (Lipinski definition) is 0. The molecule has 0 unspecified atom stereocenters. The van der Waals surface area contributed by atoms with Crippen molar-refractivity contribution in [3.05, 3.63) is 41.2 Å². The van der Waals surface area contributed by atoms with E-state index in [9.17, 15) is 0 Å². The van der Waals surface area contributed by atoms with Gasteiger partial charge in [-0.25, -0.2) is 0 Å². The lowest BCUT2D eigenvalue weighted by molar-refractivity contribution is 0.398. The molecule has 1 aromatic heterocycles. The maximum absolute atomic E-state index is 5.17. The Hall–Kier alpha value is -1.09. The second-order valence-corrected chi connectivity index (χ2v) is 4.19. The minimum atomic E-state index is 0.699. The van der Waals surface area contributed by atoms with Gasteiger partial charge >= 0.3 is 0 Å². The highest BCUT2D eigenvalue weighted by atomic mass is 79.9. The zero-order chi connectivity index (χ0) is 10.8. The highest BCUT2D eigenvalue weighted by Crippen LogP contribution is 2.24. The summed E-state index contributed by atoms with van der Waals surface area (Å²) in [6.07, 6.45) is 0. The van der Waals surface area contributed by atoms with E-state index in [4.69, 9.17) is 4.52 Å². The molecule has 0 saturated heterocycles. The second kappa shape index (κ2) is 4.19. The van der Waals surface area contributed by atoms with Crippen LogP contribution in [0.25, 0.3) is 11.3 Å². The van der Waals surface area contributed by atoms with Crippen molar-refractivity contribution in [2.45, 2.75) is 19.2 Å². The molecule has 0 aliphatic rings. The van der Waals surface area contributed by atoms with Gasteiger partial charge in [0.25, 0.3) is 0 Å². The Kier molecular flexibility index (Phi) is 2.91. The summed E-state index contributed by atoms with van der Waals surface area (Å²) >= 11 is 3.34. The van der Waals surface area contributed by atoms with Gasteiger partial charge in [0.2, 0.25) is 0 Å². The van der Waals surface area contributed by atoms with Crippen LogP contribution in [0.1, 0.15) is 16.9 Å². The van der Waals surface area contributed by atoms with Crippen LogP contribution < -0.4 is 0 Å². The molecule has 0 fully saturated rings. The smallest absolute Gasteiger partial charge is 0.147 e. The van der Waals surface area contributed by atoms with Crippen molar-refractivity contribution < 1.29 is 4.52 Å². The molecular formula is C12H12BrNO. The Bertz CT molecular complexity index is 476. The number of halogens is 1. The van der Waals surface area contributed by atoms with Gasteiger partial charge in [-0.05, 0) is 25.5 Å². The summed E-state index contributed by atoms with van der Waals surface area (Å²) in [5.74, 6) is 0.853. The molecule has 2 aromatic rings. The van der Waals surface area contributed by atoms with Gasteiger partial charge in [0.05, 0.1) is 5.33 Å². The standard InChI is InChI=1S/C12H12BrNO/c1-8-3-4-9(2)11(5-8)12-6-10(7-13)15-14-12/h3-6H,7H2,1-2H3. The van der Waals surface area contributed by atoms with E-state index >= 15 is 0 Å². The lowest BCUT2D eigenvalue weighted by atomic mass is 10.0. The summed E-state index contributed by atoms with van der Waals surface area (Å²) in [6.45, 7) is 4.16. The van der Waals surface area contributed by atoms with Crippen molar-refractivity contribution >= 4 is 15.9 Å². The second-order valence-electron chi connectivity index (χ2n) is 3.63. The van der Waals surface area contributed by atoms with Crippen LogP contribution >= 0.6 is 15.9 Å². The molecule has 0 amide bonds. The van der Waals surface area contributed by atoms with E-state index < -0.39 is 0 Å². The van der Waals surface area contributed by atoms with Crippen molar-refractivity contribution in [1.82, 2.24) is 5.16 Å². The van der Waals surface area contributed by atoms with E-state index in [1.807, 2.05) is 6.07 Å². The normalized spacial score (nSPS) is 10.6. The first-order valence-electron chi connectivity index (χ1n) is 4.80. The summed E-state index contributed by atoms with van der Waals surface area (Å²) in [5.41, 5.74) is 4.51. The maximum atomic E-state index is 5.17. The Morgan fingerprint density at radius 1 is 1.27 bits per heavy atom. The van der Waals surface area contributed by atoms with Gasteiger partial charge in [0, 0.05) is 11.6 Å². The zero-order valence-electron chi connectivity index (χ0n) is 8.75. The Morgan fingerprint density at radius 3 is 2.73 bits per heavy atom. The average Bonchev–Trinajstić information content (AvgIpc) is 2.70. The molecule has 1 heterocycles. The fraction of sp³-hybridized carbons (Fsp3) is 0.250. The summed E-state index contributed by atoms with van der Waals surface area (Å²) < 4.78 is 5.17. The minimum Gasteiger partial charge on any atom is -0.360 e. The van der Waals surface area contributed by atoms with Crippen LogP contribution in [0.4, 0.5) is 0 Å². The van der Waals surface area contributed by atoms with Gasteiger partial charge in [-0.1, -0.05) is 38.8 Å². The lowest BCUT2D eigenvalue weighted by Crippen LogP contribution is -1.84. The Balaban J connectivity index is 2.48. The highest BCUT2D eigenvalue weighted by Gasteiger charge is 2.08. The topological polar surface area (TPSA) is 26.0 Å². The molecule has 0 aliphatic heterocycles. The number of nitrogens with zero attached hydrogens (tertiary/aromatic N) is 1. The first-order valence-corrected chi connectivity index (χ1v) is 5.92. The van der Waals surface area contributed by atoms with Gasteiger partial charge < -0.3 is 4.52 Å². The molecule has 0 N–H and O–H groups in total. The quantitative estimate of drug-likeness (QED) is 0.771. The molecule has 2 nitrogen and oxygen atoms in total. The number of aryl methyl sites for hydroxylation is 2. The van der Waals surface area contributed by atoms with Gasteiger partial charge in [0.15, 0.2) is 0 Å². The first-order chi connectivity index (χ1) is 7.20. The van der Waals surface area contributed by atoms with E-state index in [0.29, 0.717) is 5.33 Å². The van der Waals surface area contributed by atoms with Crippen molar-refractivity contribution in [2.24, 2.45) is 0 Å². The van der Waals surface area contributed by atoms with Crippen molar-refractivity contribution in [3.8, 4) is 11.3 Å². The molecule has 15 heavy (non-hydrogen) atoms. The maximum Gasteiger partial charge on any atom is 0.147 e. The summed E-state index contributed by atoms with van der Waals surface area (Å²) in [6, 6.07) is 8.30. The van der Waals surface area contributed by atoms with Crippen LogP contribution in [0, 0.1) is 13.8 Å². The predicted molar refractivity (Wildman–Crippen MR) is 64.0 cm³/mol. The van der Waals surface area contributed by atoms with Gasteiger partial charge in [-0.3, -0.25) is 0 Å². The number of rotatable bonds is 2. The SMILES string of the molecule is Cc1ccc(C)c(-c2cc(CBr)on2)c1. The molecule has 0 spiro atoms. The summed E-state index contributed by atoms with van der Waals surface area (Å²) in [4.78, 5) is 0. The number of hydrogen-bond acceptors (Lipinski definition) is 2. The van der Waals surface area contributed by atoms with Crippen LogP contribution in [0.15, 0.2) is 28.8 Å². The highest BCUT2D eigenvalue weighted by molar-refractivity contribution is 9.08. The average molecular weight is 266 g/mol. The molecule has 0 atom stereocenters. The van der Waals surface area contributed by atoms with Gasteiger partial charge in [-0.15, -0.1) is 0 Å². The fourth-order valence-electron chi connectivity index (χ4n) is 1.51. The Labute approximate surface area is 97.4 Å². The van der Waals surface area contributed by atoms with Crippen LogP contribution in [0.2, 0.25) is 0 Å². The Morgan fingerprint density at radius 2 is 2.07 bits per heavy atom. The third kappa shape index (κ3) is 2.12. The molecule has 3 heteroatoms. The van der Waals surface area contributed by atoms with Gasteiger partial charge in [0.1, 0.15) is 11.5 Å². The van der Waals surface area contributed by atoms with Crippen molar-refractivity contribution in [2.75, 3.05) is 0 Å². The van der Waals surface area contributed by atoms with E-state index in [0.717, 1.165) is 17.0 Å². The molecule has 0 radical (unpaired) electrons. The number of benzene rings is 1. The first kappa shape index (κ1) is 10.4. The van der Waals surface area contributed by atoms with Crippen molar-refractivity contribution in [3.63, 3.8) is 0 Å². The largest absolute Gasteiger partial charge is 0.360 e. The molecule has 0 aliphatic carbocycles. The number of alkyl halides is 1. The van der Waals surface area contributed by atoms with Gasteiger partial charge in [-0.2, -0.15) is 0 Å². The zero-order valence-corrected chi connectivity index (χ0v) is 10.3. The monoisotopic (exact) mass is 265 g/mol. The van der Waals surface area contributed by atoms with Crippen LogP contribution in [-0.2, 0) is 5.33 Å². The van der Waals surface area contributed by atoms with E-state index in [1.165, 1.54) is 11.1 Å². The summed E-state index contributed by atoms with van der Waals surface area (Å²) in [5, 5.41) is 4.75. The molecule has 0 saturated carbocycles. The lowest BCUT2D eigenvalue weighted by Gasteiger charge is -2.02. The van der Waals surface area contributed by atoms with E-state index in [2.05, 4.69) is 53.1 Å². The molecule has 78 valence electrons. The van der Waals surface area contributed by atoms with E-state index in [1.54, 1.807) is 0 Å². The minimum absolute atomic E-state index is 0.699. The summed E-state index contributed by atoms with van der Waals surface area (Å²) in [7, 11) is 0. The van der Waals surface area contributed by atoms with Crippen LogP contribution in [0.3, 0.4) is 0 Å². The number of aromatic nitrogens is 1. The third-order valence-electron chi connectivity index (χ3n) is 2.36. The molecule has 2 rings (SSSR count). The van der Waals surface area contributed by atoms with Crippen molar-refractivity contribution in [1.29, 1.82) is 0 Å². The molecular weight excluding hydrogens is 254 g/mol. The van der Waals surface area contributed by atoms with E-state index in [-0.39, 0.29) is 0 Å². The molecule has 1 aromatic carbocycles. The molecule has 0 bridgehead atoms. The predicted octanol–water partition coefficient (Wildman–Crippen LogP) is 3.85. The fourth-order valence-corrected chi connectivity index (χ4v) is 1.78.